The van der Waals surface area contributed by atoms with Crippen molar-refractivity contribution in [3.63, 3.8) is 0 Å². The first kappa shape index (κ1) is 20.2. The number of hydrogen-bond acceptors (Lipinski definition) is 5. The van der Waals surface area contributed by atoms with Crippen molar-refractivity contribution in [1.29, 1.82) is 0 Å². The second kappa shape index (κ2) is 7.86. The van der Waals surface area contributed by atoms with Gasteiger partial charge in [0.25, 0.3) is 5.91 Å². The number of benzene rings is 1. The van der Waals surface area contributed by atoms with Crippen LogP contribution in [0.15, 0.2) is 30.6 Å². The summed E-state index contributed by atoms with van der Waals surface area (Å²) in [5.41, 5.74) is 3.85. The molecule has 0 unspecified atom stereocenters. The van der Waals surface area contributed by atoms with E-state index in [2.05, 4.69) is 25.6 Å². The monoisotopic (exact) mass is 445 g/mol. The Morgan fingerprint density at radius 2 is 1.94 bits per heavy atom. The van der Waals surface area contributed by atoms with E-state index < -0.39 is 0 Å². The number of hydrogen-bond donors (Lipinski definition) is 3. The zero-order valence-electron chi connectivity index (χ0n) is 18.6. The average molecular weight is 446 g/mol. The summed E-state index contributed by atoms with van der Waals surface area (Å²) in [4.78, 5) is 36.6. The quantitative estimate of drug-likeness (QED) is 0.513. The van der Waals surface area contributed by atoms with E-state index in [0.29, 0.717) is 40.2 Å². The highest BCUT2D eigenvalue weighted by atomic mass is 16.5. The minimum Gasteiger partial charge on any atom is -0.437 e. The molecular formula is C25H27N5O3. The molecule has 0 radical (unpaired) electrons. The summed E-state index contributed by atoms with van der Waals surface area (Å²) < 4.78 is 6.01. The summed E-state index contributed by atoms with van der Waals surface area (Å²) in [7, 11) is 0. The molecule has 3 aliphatic carbocycles. The van der Waals surface area contributed by atoms with E-state index in [1.807, 2.05) is 18.2 Å². The number of aromatic amines is 1. The number of nitrogens with one attached hydrogen (secondary N) is 3. The van der Waals surface area contributed by atoms with Gasteiger partial charge in [-0.05, 0) is 73.6 Å². The summed E-state index contributed by atoms with van der Waals surface area (Å²) in [6.07, 6.45) is 9.86. The molecule has 6 rings (SSSR count). The van der Waals surface area contributed by atoms with Gasteiger partial charge in [-0.1, -0.05) is 6.07 Å². The van der Waals surface area contributed by atoms with Crippen LogP contribution in [0.5, 0.6) is 11.6 Å². The molecule has 2 amide bonds. The molecule has 3 aromatic rings. The first-order valence-electron chi connectivity index (χ1n) is 11.8. The van der Waals surface area contributed by atoms with Crippen LogP contribution >= 0.6 is 0 Å². The van der Waals surface area contributed by atoms with Crippen LogP contribution in [-0.2, 0) is 11.2 Å². The van der Waals surface area contributed by atoms with Crippen molar-refractivity contribution in [2.75, 3.05) is 0 Å². The third-order valence-electron chi connectivity index (χ3n) is 6.96. The fourth-order valence-electron chi connectivity index (χ4n) is 5.02. The predicted octanol–water partition coefficient (Wildman–Crippen LogP) is 3.79. The van der Waals surface area contributed by atoms with Gasteiger partial charge in [-0.15, -0.1) is 0 Å². The first-order valence-corrected chi connectivity index (χ1v) is 11.8. The van der Waals surface area contributed by atoms with Crippen molar-refractivity contribution >= 4 is 23.0 Å². The molecule has 2 aromatic heterocycles. The minimum atomic E-state index is -0.104. The van der Waals surface area contributed by atoms with Gasteiger partial charge in [-0.2, -0.15) is 0 Å². The number of carbonyl (C=O) groups excluding carboxylic acids is 2. The second-order valence-electron chi connectivity index (χ2n) is 9.54. The van der Waals surface area contributed by atoms with Crippen LogP contribution in [-0.4, -0.2) is 32.8 Å². The summed E-state index contributed by atoms with van der Waals surface area (Å²) in [6, 6.07) is 6.17. The van der Waals surface area contributed by atoms with Crippen molar-refractivity contribution in [2.45, 2.75) is 57.5 Å². The zero-order chi connectivity index (χ0) is 22.5. The lowest BCUT2D eigenvalue weighted by atomic mass is 10.1. The van der Waals surface area contributed by atoms with E-state index in [-0.39, 0.29) is 23.9 Å². The largest absolute Gasteiger partial charge is 0.437 e. The van der Waals surface area contributed by atoms with Crippen molar-refractivity contribution in [3.8, 4) is 11.6 Å². The minimum absolute atomic E-state index is 0.000433. The number of fused-ring (bicyclic) bond motifs is 2. The highest BCUT2D eigenvalue weighted by Gasteiger charge is 2.42. The maximum absolute atomic E-state index is 13.0. The maximum atomic E-state index is 13.0. The zero-order valence-corrected chi connectivity index (χ0v) is 18.6. The van der Waals surface area contributed by atoms with E-state index in [4.69, 9.17) is 4.74 Å². The number of aryl methyl sites for hydroxylation is 1. The normalized spacial score (nSPS) is 19.5. The van der Waals surface area contributed by atoms with Crippen LogP contribution in [0.1, 0.15) is 66.6 Å². The van der Waals surface area contributed by atoms with Crippen molar-refractivity contribution in [2.24, 2.45) is 11.8 Å². The Bertz CT molecular complexity index is 1230. The highest BCUT2D eigenvalue weighted by Crippen LogP contribution is 2.44. The SMILES string of the molecule is CC(=O)N[C@@H]1CCc2ccc(Oc3cnc4[nH]cc(C(=O)NC(C5CC5)C5CC5)c4n3)cc21. The first-order chi connectivity index (χ1) is 16.0. The van der Waals surface area contributed by atoms with E-state index in [1.54, 1.807) is 12.4 Å². The molecule has 0 bridgehead atoms. The fourth-order valence-corrected chi connectivity index (χ4v) is 5.02. The molecule has 170 valence electrons. The summed E-state index contributed by atoms with van der Waals surface area (Å²) in [5.74, 6) is 2.05. The molecule has 3 N–H and O–H groups in total. The van der Waals surface area contributed by atoms with Gasteiger partial charge in [0, 0.05) is 19.2 Å². The molecule has 3 aliphatic rings. The number of nitrogens with zero attached hydrogens (tertiary/aromatic N) is 2. The van der Waals surface area contributed by atoms with E-state index in [0.717, 1.165) is 18.4 Å². The lowest BCUT2D eigenvalue weighted by Gasteiger charge is -2.17. The number of amides is 2. The standard InChI is InChI=1S/C25H27N5O3/c1-13(31)28-20-9-7-14-6-8-17(10-18(14)20)33-21-12-27-24-23(29-21)19(11-26-24)25(32)30-22(15-2-3-15)16-4-5-16/h6,8,10-12,15-16,20,22H,2-5,7,9H2,1H3,(H,26,27)(H,28,31)(H,30,32)/t20-/m1/s1. The number of rotatable bonds is 7. The molecule has 0 spiro atoms. The second-order valence-corrected chi connectivity index (χ2v) is 9.54. The number of aromatic nitrogens is 3. The van der Waals surface area contributed by atoms with Gasteiger partial charge in [-0.3, -0.25) is 9.59 Å². The molecular weight excluding hydrogens is 418 g/mol. The number of ether oxygens (including phenoxy) is 1. The highest BCUT2D eigenvalue weighted by molar-refractivity contribution is 6.04. The third-order valence-corrected chi connectivity index (χ3v) is 6.96. The van der Waals surface area contributed by atoms with Crippen LogP contribution in [0.2, 0.25) is 0 Å². The Hall–Kier alpha value is -3.42. The Morgan fingerprint density at radius 1 is 1.15 bits per heavy atom. The molecule has 0 aliphatic heterocycles. The molecule has 2 saturated carbocycles. The van der Waals surface area contributed by atoms with Gasteiger partial charge < -0.3 is 20.4 Å². The number of H-pyrrole nitrogens is 1. The molecule has 8 nitrogen and oxygen atoms in total. The molecule has 2 heterocycles. The van der Waals surface area contributed by atoms with Gasteiger partial charge >= 0.3 is 0 Å². The van der Waals surface area contributed by atoms with E-state index >= 15 is 0 Å². The molecule has 8 heteroatoms. The van der Waals surface area contributed by atoms with Gasteiger partial charge in [0.15, 0.2) is 5.65 Å². The van der Waals surface area contributed by atoms with Crippen LogP contribution in [0.25, 0.3) is 11.2 Å². The van der Waals surface area contributed by atoms with Crippen molar-refractivity contribution in [1.82, 2.24) is 25.6 Å². The molecule has 33 heavy (non-hydrogen) atoms. The summed E-state index contributed by atoms with van der Waals surface area (Å²) in [5, 5.41) is 6.25. The van der Waals surface area contributed by atoms with Crippen LogP contribution in [0.4, 0.5) is 0 Å². The molecule has 1 atom stereocenters. The molecule has 0 saturated heterocycles. The van der Waals surface area contributed by atoms with E-state index in [1.165, 1.54) is 38.2 Å². The maximum Gasteiger partial charge on any atom is 0.255 e. The Kier molecular flexibility index (Phi) is 4.81. The van der Waals surface area contributed by atoms with Gasteiger partial charge in [0.1, 0.15) is 11.3 Å². The Balaban J connectivity index is 1.23. The summed E-state index contributed by atoms with van der Waals surface area (Å²) in [6.45, 7) is 1.53. The third kappa shape index (κ3) is 4.05. The van der Waals surface area contributed by atoms with Gasteiger partial charge in [-0.25, -0.2) is 9.97 Å². The molecule has 1 aromatic carbocycles. The smallest absolute Gasteiger partial charge is 0.255 e. The van der Waals surface area contributed by atoms with Crippen LogP contribution in [0, 0.1) is 11.8 Å². The molecule has 2 fully saturated rings. The summed E-state index contributed by atoms with van der Waals surface area (Å²) >= 11 is 0. The average Bonchev–Trinajstić information content (AvgIpc) is 3.73. The van der Waals surface area contributed by atoms with E-state index in [9.17, 15) is 9.59 Å². The van der Waals surface area contributed by atoms with Crippen molar-refractivity contribution < 1.29 is 14.3 Å². The van der Waals surface area contributed by atoms with Crippen LogP contribution < -0.4 is 15.4 Å². The van der Waals surface area contributed by atoms with Gasteiger partial charge in [0.05, 0.1) is 17.8 Å². The van der Waals surface area contributed by atoms with Gasteiger partial charge in [0.2, 0.25) is 11.8 Å². The topological polar surface area (TPSA) is 109 Å². The Morgan fingerprint density at radius 3 is 2.67 bits per heavy atom. The lowest BCUT2D eigenvalue weighted by Crippen LogP contribution is -2.38. The fraction of sp³-hybridized carbons (Fsp3) is 0.440. The lowest BCUT2D eigenvalue weighted by molar-refractivity contribution is -0.119. The van der Waals surface area contributed by atoms with Crippen LogP contribution in [0.3, 0.4) is 0 Å². The Labute approximate surface area is 191 Å². The van der Waals surface area contributed by atoms with Crippen molar-refractivity contribution in [3.05, 3.63) is 47.3 Å². The number of carbonyl (C=O) groups is 2. The predicted molar refractivity (Wildman–Crippen MR) is 122 cm³/mol.